The molecule has 0 radical (unpaired) electrons. The first-order valence-corrected chi connectivity index (χ1v) is 13.3. The maximum Gasteiger partial charge on any atom is 0.223 e. The minimum absolute atomic E-state index is 0.248. The molecule has 0 unspecified atom stereocenters. The van der Waals surface area contributed by atoms with E-state index in [4.69, 9.17) is 4.99 Å². The van der Waals surface area contributed by atoms with Crippen molar-refractivity contribution in [3.8, 4) is 5.75 Å². The Balaban J connectivity index is 1.21. The number of nitrogens with zero attached hydrogens (tertiary/aromatic N) is 3. The fourth-order valence-corrected chi connectivity index (χ4v) is 5.49. The highest BCUT2D eigenvalue weighted by Gasteiger charge is 2.41. The van der Waals surface area contributed by atoms with Crippen LogP contribution in [0.15, 0.2) is 53.5 Å². The number of phenols is 1. The predicted molar refractivity (Wildman–Crippen MR) is 140 cm³/mol. The molecule has 0 spiro atoms. The van der Waals surface area contributed by atoms with Crippen molar-refractivity contribution in [3.05, 3.63) is 65.2 Å². The van der Waals surface area contributed by atoms with E-state index in [0.717, 1.165) is 70.7 Å². The zero-order chi connectivity index (χ0) is 24.2. The number of carbonyl (C=O) groups excluding carboxylic acids is 1. The normalized spacial score (nSPS) is 21.6. The molecular formula is C29H38N4O2. The number of nitrogens with one attached hydrogen (secondary N) is 1. The SMILES string of the molecule is Cc1ccc(CCN2C3=NC[C@H](Cc4ccc(O)cc4)N3C[C@@H]2CCCNC(=O)C2CCC2)cc1. The molecule has 2 N–H and O–H groups in total. The van der Waals surface area contributed by atoms with Crippen LogP contribution in [0, 0.1) is 12.8 Å². The first-order chi connectivity index (χ1) is 17.1. The summed E-state index contributed by atoms with van der Waals surface area (Å²) in [5.74, 6) is 1.96. The van der Waals surface area contributed by atoms with E-state index in [2.05, 4.69) is 46.3 Å². The predicted octanol–water partition coefficient (Wildman–Crippen LogP) is 3.91. The standard InChI is InChI=1S/C29H38N4O2/c1-21-7-9-22(10-8-21)15-17-32-25(6-3-16-30-28(35)24-4-2-5-24)20-33-26(19-31-29(32)33)18-23-11-13-27(34)14-12-23/h7-14,24-26,34H,2-6,15-20H2,1H3,(H,30,35)/t25-,26-/m0/s1. The van der Waals surface area contributed by atoms with Gasteiger partial charge in [-0.1, -0.05) is 48.4 Å². The Kier molecular flexibility index (Phi) is 7.26. The van der Waals surface area contributed by atoms with Crippen molar-refractivity contribution in [3.63, 3.8) is 0 Å². The van der Waals surface area contributed by atoms with E-state index >= 15 is 0 Å². The average molecular weight is 475 g/mol. The Morgan fingerprint density at radius 2 is 1.80 bits per heavy atom. The van der Waals surface area contributed by atoms with E-state index in [9.17, 15) is 9.90 Å². The molecule has 1 aliphatic carbocycles. The monoisotopic (exact) mass is 474 g/mol. The number of carbonyl (C=O) groups is 1. The highest BCUT2D eigenvalue weighted by Crippen LogP contribution is 2.29. The minimum atomic E-state index is 0.248. The van der Waals surface area contributed by atoms with Gasteiger partial charge in [-0.15, -0.1) is 0 Å². The Bertz CT molecular complexity index is 1030. The third-order valence-electron chi connectivity index (χ3n) is 7.91. The molecule has 2 aromatic carbocycles. The molecule has 35 heavy (non-hydrogen) atoms. The number of fused-ring (bicyclic) bond motifs is 1. The fraction of sp³-hybridized carbons (Fsp3) is 0.517. The maximum absolute atomic E-state index is 12.2. The van der Waals surface area contributed by atoms with Crippen LogP contribution in [-0.4, -0.2) is 65.0 Å². The number of aryl methyl sites for hydroxylation is 1. The number of guanidine groups is 1. The second-order valence-corrected chi connectivity index (χ2v) is 10.5. The Morgan fingerprint density at radius 1 is 1.06 bits per heavy atom. The van der Waals surface area contributed by atoms with Crippen molar-refractivity contribution in [1.82, 2.24) is 15.1 Å². The van der Waals surface area contributed by atoms with Gasteiger partial charge in [-0.25, -0.2) is 0 Å². The third-order valence-corrected chi connectivity index (χ3v) is 7.91. The van der Waals surface area contributed by atoms with Crippen LogP contribution < -0.4 is 5.32 Å². The van der Waals surface area contributed by atoms with Gasteiger partial charge < -0.3 is 20.2 Å². The topological polar surface area (TPSA) is 68.2 Å². The lowest BCUT2D eigenvalue weighted by Crippen LogP contribution is -2.38. The lowest BCUT2D eigenvalue weighted by molar-refractivity contribution is -0.127. The molecule has 2 atom stereocenters. The molecule has 6 heteroatoms. The minimum Gasteiger partial charge on any atom is -0.508 e. The van der Waals surface area contributed by atoms with E-state index < -0.39 is 0 Å². The van der Waals surface area contributed by atoms with Gasteiger partial charge in [-0.3, -0.25) is 9.79 Å². The molecule has 2 aromatic rings. The van der Waals surface area contributed by atoms with Gasteiger partial charge in [-0.2, -0.15) is 0 Å². The molecule has 186 valence electrons. The van der Waals surface area contributed by atoms with Crippen molar-refractivity contribution in [1.29, 1.82) is 0 Å². The molecule has 1 saturated heterocycles. The number of rotatable bonds is 10. The summed E-state index contributed by atoms with van der Waals surface area (Å²) in [5.41, 5.74) is 3.89. The van der Waals surface area contributed by atoms with E-state index in [1.807, 2.05) is 12.1 Å². The summed E-state index contributed by atoms with van der Waals surface area (Å²) in [6.07, 6.45) is 7.29. The zero-order valence-corrected chi connectivity index (χ0v) is 20.8. The fourth-order valence-electron chi connectivity index (χ4n) is 5.49. The Hall–Kier alpha value is -3.02. The Morgan fingerprint density at radius 3 is 2.51 bits per heavy atom. The van der Waals surface area contributed by atoms with Crippen molar-refractivity contribution in [2.75, 3.05) is 26.2 Å². The van der Waals surface area contributed by atoms with Gasteiger partial charge in [0.15, 0.2) is 5.96 Å². The molecule has 3 aliphatic rings. The molecule has 1 amide bonds. The smallest absolute Gasteiger partial charge is 0.223 e. The average Bonchev–Trinajstić information content (AvgIpc) is 3.36. The molecule has 2 fully saturated rings. The molecular weight excluding hydrogens is 436 g/mol. The van der Waals surface area contributed by atoms with Crippen LogP contribution >= 0.6 is 0 Å². The number of phenolic OH excluding ortho intramolecular Hbond substituents is 1. The van der Waals surface area contributed by atoms with E-state index in [1.54, 1.807) is 12.1 Å². The van der Waals surface area contributed by atoms with Crippen molar-refractivity contribution < 1.29 is 9.90 Å². The summed E-state index contributed by atoms with van der Waals surface area (Å²) in [5, 5.41) is 12.8. The molecule has 2 heterocycles. The molecule has 5 rings (SSSR count). The summed E-state index contributed by atoms with van der Waals surface area (Å²) in [4.78, 5) is 22.2. The first kappa shape index (κ1) is 23.7. The second-order valence-electron chi connectivity index (χ2n) is 10.5. The van der Waals surface area contributed by atoms with E-state index in [-0.39, 0.29) is 11.8 Å². The van der Waals surface area contributed by atoms with Crippen LogP contribution in [0.3, 0.4) is 0 Å². The summed E-state index contributed by atoms with van der Waals surface area (Å²) in [7, 11) is 0. The van der Waals surface area contributed by atoms with E-state index in [1.165, 1.54) is 23.1 Å². The van der Waals surface area contributed by atoms with Gasteiger partial charge in [0.1, 0.15) is 5.75 Å². The van der Waals surface area contributed by atoms with Gasteiger partial charge in [0.25, 0.3) is 0 Å². The molecule has 2 aliphatic heterocycles. The Labute approximate surface area is 209 Å². The van der Waals surface area contributed by atoms with Crippen LogP contribution in [0.25, 0.3) is 0 Å². The largest absolute Gasteiger partial charge is 0.508 e. The lowest BCUT2D eigenvalue weighted by Gasteiger charge is -2.26. The van der Waals surface area contributed by atoms with Crippen LogP contribution in [0.1, 0.15) is 48.8 Å². The van der Waals surface area contributed by atoms with Crippen LogP contribution in [-0.2, 0) is 17.6 Å². The van der Waals surface area contributed by atoms with Gasteiger partial charge in [-0.05, 0) is 68.7 Å². The number of hydrogen-bond donors (Lipinski definition) is 2. The van der Waals surface area contributed by atoms with Crippen molar-refractivity contribution in [2.45, 2.75) is 64.0 Å². The van der Waals surface area contributed by atoms with Crippen molar-refractivity contribution >= 4 is 11.9 Å². The number of hydrogen-bond acceptors (Lipinski definition) is 5. The molecule has 1 saturated carbocycles. The number of benzene rings is 2. The van der Waals surface area contributed by atoms with E-state index in [0.29, 0.717) is 17.8 Å². The van der Waals surface area contributed by atoms with Crippen molar-refractivity contribution in [2.24, 2.45) is 10.9 Å². The number of aromatic hydroxyl groups is 1. The summed E-state index contributed by atoms with van der Waals surface area (Å²) in [6.45, 7) is 5.67. The lowest BCUT2D eigenvalue weighted by atomic mass is 9.85. The first-order valence-electron chi connectivity index (χ1n) is 13.3. The van der Waals surface area contributed by atoms with Crippen LogP contribution in [0.5, 0.6) is 5.75 Å². The maximum atomic E-state index is 12.2. The summed E-state index contributed by atoms with van der Waals surface area (Å²) < 4.78 is 0. The third kappa shape index (κ3) is 5.63. The molecule has 6 nitrogen and oxygen atoms in total. The molecule has 0 bridgehead atoms. The number of aliphatic imine (C=N–C) groups is 1. The van der Waals surface area contributed by atoms with Gasteiger partial charge in [0.05, 0.1) is 12.6 Å². The van der Waals surface area contributed by atoms with Crippen LogP contribution in [0.2, 0.25) is 0 Å². The van der Waals surface area contributed by atoms with Gasteiger partial charge in [0.2, 0.25) is 5.91 Å². The second kappa shape index (κ2) is 10.7. The van der Waals surface area contributed by atoms with Crippen LogP contribution in [0.4, 0.5) is 0 Å². The quantitative estimate of drug-likeness (QED) is 0.513. The molecule has 0 aromatic heterocycles. The highest BCUT2D eigenvalue weighted by molar-refractivity contribution is 5.84. The van der Waals surface area contributed by atoms with Gasteiger partial charge in [0, 0.05) is 31.6 Å². The number of amides is 1. The summed E-state index contributed by atoms with van der Waals surface area (Å²) in [6, 6.07) is 17.2. The van der Waals surface area contributed by atoms with Gasteiger partial charge >= 0.3 is 0 Å². The summed E-state index contributed by atoms with van der Waals surface area (Å²) >= 11 is 0. The highest BCUT2D eigenvalue weighted by atomic mass is 16.3. The zero-order valence-electron chi connectivity index (χ0n) is 20.8.